The fourth-order valence-corrected chi connectivity index (χ4v) is 1.73. The van der Waals surface area contributed by atoms with Crippen LogP contribution in [0.3, 0.4) is 0 Å². The van der Waals surface area contributed by atoms with Gasteiger partial charge in [0.05, 0.1) is 12.7 Å². The Hall–Kier alpha value is -2.32. The van der Waals surface area contributed by atoms with Crippen molar-refractivity contribution in [2.75, 3.05) is 6.61 Å². The quantitative estimate of drug-likeness (QED) is 0.837. The zero-order chi connectivity index (χ0) is 14.2. The van der Waals surface area contributed by atoms with Crippen LogP contribution in [0, 0.1) is 11.3 Å². The molecule has 0 aliphatic heterocycles. The van der Waals surface area contributed by atoms with Crippen LogP contribution in [0.1, 0.15) is 24.1 Å². The predicted molar refractivity (Wildman–Crippen MR) is 74.0 cm³/mol. The molecule has 0 aliphatic carbocycles. The van der Waals surface area contributed by atoms with Crippen LogP contribution in [0.5, 0.6) is 5.75 Å². The first-order valence-corrected chi connectivity index (χ1v) is 6.54. The minimum absolute atomic E-state index is 0.0710. The molecule has 0 spiro atoms. The highest BCUT2D eigenvalue weighted by molar-refractivity contribution is 5.27. The molecule has 0 aliphatic rings. The molecule has 1 N–H and O–H groups in total. The molecule has 1 heterocycles. The highest BCUT2D eigenvalue weighted by Crippen LogP contribution is 2.12. The second kappa shape index (κ2) is 7.31. The van der Waals surface area contributed by atoms with E-state index in [0.717, 1.165) is 24.3 Å². The van der Waals surface area contributed by atoms with Gasteiger partial charge in [0, 0.05) is 13.0 Å². The Morgan fingerprint density at radius 3 is 2.75 bits per heavy atom. The number of nitrogens with zero attached hydrogens (tertiary/aromatic N) is 2. The molecular formula is C15H17N3O2. The van der Waals surface area contributed by atoms with Crippen molar-refractivity contribution in [1.29, 1.82) is 5.26 Å². The minimum Gasteiger partial charge on any atom is -0.479 e. The van der Waals surface area contributed by atoms with Gasteiger partial charge in [-0.2, -0.15) is 5.26 Å². The molecule has 1 aromatic carbocycles. The van der Waals surface area contributed by atoms with E-state index in [4.69, 9.17) is 14.4 Å². The molecule has 5 nitrogen and oxygen atoms in total. The molecule has 0 atom stereocenters. The fraction of sp³-hybridized carbons (Fsp3) is 0.333. The number of ether oxygens (including phenoxy) is 1. The average Bonchev–Trinajstić information content (AvgIpc) is 2.94. The maximum absolute atomic E-state index is 8.43. The summed E-state index contributed by atoms with van der Waals surface area (Å²) < 4.78 is 10.7. The van der Waals surface area contributed by atoms with Crippen LogP contribution in [0.25, 0.3) is 0 Å². The molecule has 2 rings (SSSR count). The van der Waals surface area contributed by atoms with Crippen LogP contribution in [-0.4, -0.2) is 11.6 Å². The van der Waals surface area contributed by atoms with Crippen LogP contribution in [0.15, 0.2) is 34.9 Å². The highest BCUT2D eigenvalue weighted by Gasteiger charge is 2.02. The summed E-state index contributed by atoms with van der Waals surface area (Å²) >= 11 is 0. The number of aromatic nitrogens is 1. The number of aryl methyl sites for hydroxylation is 1. The average molecular weight is 271 g/mol. The highest BCUT2D eigenvalue weighted by atomic mass is 16.5. The lowest BCUT2D eigenvalue weighted by Crippen LogP contribution is -2.12. The van der Waals surface area contributed by atoms with E-state index in [1.54, 1.807) is 6.20 Å². The molecule has 1 aromatic heterocycles. The topological polar surface area (TPSA) is 71.1 Å². The molecule has 0 saturated heterocycles. The fourth-order valence-electron chi connectivity index (χ4n) is 1.73. The summed E-state index contributed by atoms with van der Waals surface area (Å²) in [6.07, 6.45) is 2.62. The van der Waals surface area contributed by atoms with E-state index in [1.807, 2.05) is 37.3 Å². The molecule has 104 valence electrons. The van der Waals surface area contributed by atoms with Crippen LogP contribution in [-0.2, 0) is 19.5 Å². The third-order valence-corrected chi connectivity index (χ3v) is 2.78. The first kappa shape index (κ1) is 14.1. The second-order valence-electron chi connectivity index (χ2n) is 4.27. The maximum atomic E-state index is 8.43. The van der Waals surface area contributed by atoms with Crippen LogP contribution < -0.4 is 10.1 Å². The summed E-state index contributed by atoms with van der Waals surface area (Å²) in [5.41, 5.74) is 1.14. The van der Waals surface area contributed by atoms with Gasteiger partial charge in [0.1, 0.15) is 17.6 Å². The molecule has 0 amide bonds. The number of hydrogen-bond acceptors (Lipinski definition) is 5. The number of nitrogens with one attached hydrogen (secondary N) is 1. The van der Waals surface area contributed by atoms with Gasteiger partial charge in [-0.05, 0) is 17.7 Å². The van der Waals surface area contributed by atoms with Gasteiger partial charge in [-0.25, -0.2) is 4.98 Å². The summed E-state index contributed by atoms with van der Waals surface area (Å²) in [5.74, 6) is 2.31. The Balaban J connectivity index is 1.77. The van der Waals surface area contributed by atoms with E-state index < -0.39 is 0 Å². The standard InChI is InChI=1S/C15H17N3O2/c1-2-13-10-18-15(20-13)11-17-9-12-3-5-14(6-4-12)19-8-7-16/h3-6,10,17H,2,8-9,11H2,1H3. The largest absolute Gasteiger partial charge is 0.479 e. The van der Waals surface area contributed by atoms with E-state index in [1.165, 1.54) is 0 Å². The van der Waals surface area contributed by atoms with Crippen LogP contribution in [0.2, 0.25) is 0 Å². The smallest absolute Gasteiger partial charge is 0.208 e. The van der Waals surface area contributed by atoms with Crippen molar-refractivity contribution in [2.45, 2.75) is 26.4 Å². The van der Waals surface area contributed by atoms with E-state index in [0.29, 0.717) is 18.2 Å². The van der Waals surface area contributed by atoms with Crippen molar-refractivity contribution in [3.63, 3.8) is 0 Å². The Morgan fingerprint density at radius 1 is 1.30 bits per heavy atom. The van der Waals surface area contributed by atoms with Gasteiger partial charge in [-0.15, -0.1) is 0 Å². The molecule has 0 fully saturated rings. The molecule has 0 saturated carbocycles. The lowest BCUT2D eigenvalue weighted by atomic mass is 10.2. The number of hydrogen-bond donors (Lipinski definition) is 1. The summed E-state index contributed by atoms with van der Waals surface area (Å²) in [7, 11) is 0. The van der Waals surface area contributed by atoms with Gasteiger partial charge in [-0.1, -0.05) is 19.1 Å². The summed E-state index contributed by atoms with van der Waals surface area (Å²) in [5, 5.41) is 11.7. The monoisotopic (exact) mass is 271 g/mol. The van der Waals surface area contributed by atoms with Crippen molar-refractivity contribution in [1.82, 2.24) is 10.3 Å². The van der Waals surface area contributed by atoms with Gasteiger partial charge in [-0.3, -0.25) is 0 Å². The molecule has 5 heteroatoms. The summed E-state index contributed by atoms with van der Waals surface area (Å²) in [6.45, 7) is 3.43. The van der Waals surface area contributed by atoms with Crippen LogP contribution in [0.4, 0.5) is 0 Å². The molecule has 0 radical (unpaired) electrons. The van der Waals surface area contributed by atoms with Crippen molar-refractivity contribution >= 4 is 0 Å². The lowest BCUT2D eigenvalue weighted by Gasteiger charge is -2.05. The third kappa shape index (κ3) is 4.11. The predicted octanol–water partition coefficient (Wildman–Crippen LogP) is 2.43. The molecule has 0 bridgehead atoms. The van der Waals surface area contributed by atoms with E-state index in [2.05, 4.69) is 10.3 Å². The van der Waals surface area contributed by atoms with Gasteiger partial charge in [0.15, 0.2) is 6.61 Å². The minimum atomic E-state index is 0.0710. The van der Waals surface area contributed by atoms with Crippen LogP contribution >= 0.6 is 0 Å². The van der Waals surface area contributed by atoms with E-state index in [-0.39, 0.29) is 6.61 Å². The van der Waals surface area contributed by atoms with E-state index in [9.17, 15) is 0 Å². The zero-order valence-electron chi connectivity index (χ0n) is 11.4. The Bertz CT molecular complexity index is 570. The van der Waals surface area contributed by atoms with Gasteiger partial charge < -0.3 is 14.5 Å². The molecule has 0 unspecified atom stereocenters. The third-order valence-electron chi connectivity index (χ3n) is 2.78. The summed E-state index contributed by atoms with van der Waals surface area (Å²) in [6, 6.07) is 9.58. The second-order valence-corrected chi connectivity index (χ2v) is 4.27. The first-order valence-electron chi connectivity index (χ1n) is 6.54. The van der Waals surface area contributed by atoms with Gasteiger partial charge in [0.2, 0.25) is 5.89 Å². The summed E-state index contributed by atoms with van der Waals surface area (Å²) in [4.78, 5) is 4.19. The zero-order valence-corrected chi connectivity index (χ0v) is 11.4. The maximum Gasteiger partial charge on any atom is 0.208 e. The van der Waals surface area contributed by atoms with Crippen molar-refractivity contribution in [2.24, 2.45) is 0 Å². The van der Waals surface area contributed by atoms with Gasteiger partial charge >= 0.3 is 0 Å². The normalized spacial score (nSPS) is 10.2. The number of oxazole rings is 1. The van der Waals surface area contributed by atoms with Crippen molar-refractivity contribution in [3.8, 4) is 11.8 Å². The SMILES string of the molecule is CCc1cnc(CNCc2ccc(OCC#N)cc2)o1. The van der Waals surface area contributed by atoms with Crippen molar-refractivity contribution in [3.05, 3.63) is 47.7 Å². The van der Waals surface area contributed by atoms with Crippen molar-refractivity contribution < 1.29 is 9.15 Å². The number of rotatable bonds is 7. The molecule has 20 heavy (non-hydrogen) atoms. The Labute approximate surface area is 118 Å². The molecular weight excluding hydrogens is 254 g/mol. The number of nitriles is 1. The van der Waals surface area contributed by atoms with E-state index >= 15 is 0 Å². The first-order chi connectivity index (χ1) is 9.81. The lowest BCUT2D eigenvalue weighted by molar-refractivity contribution is 0.368. The molecule has 2 aromatic rings. The Morgan fingerprint density at radius 2 is 2.10 bits per heavy atom. The number of benzene rings is 1. The van der Waals surface area contributed by atoms with Gasteiger partial charge in [0.25, 0.3) is 0 Å². The Kier molecular flexibility index (Phi) is 5.15.